The number of nitrogens with one attached hydrogen (secondary N) is 2. The van der Waals surface area contributed by atoms with Crippen LogP contribution < -0.4 is 10.6 Å². The molecule has 39 heavy (non-hydrogen) atoms. The maximum Gasteiger partial charge on any atom is 0.323 e. The zero-order valence-corrected chi connectivity index (χ0v) is 23.1. The van der Waals surface area contributed by atoms with Crippen LogP contribution in [-0.2, 0) is 19.6 Å². The lowest BCUT2D eigenvalue weighted by molar-refractivity contribution is -0.138. The van der Waals surface area contributed by atoms with Crippen LogP contribution in [0.4, 0.5) is 19.3 Å². The van der Waals surface area contributed by atoms with E-state index in [1.165, 1.54) is 42.5 Å². The van der Waals surface area contributed by atoms with Crippen LogP contribution in [0.3, 0.4) is 0 Å². The second-order valence-electron chi connectivity index (χ2n) is 8.39. The van der Waals surface area contributed by atoms with Crippen molar-refractivity contribution in [3.05, 3.63) is 81.6 Å². The van der Waals surface area contributed by atoms with Gasteiger partial charge in [0.25, 0.3) is 15.9 Å². The molecule has 2 unspecified atom stereocenters. The highest BCUT2D eigenvalue weighted by molar-refractivity contribution is 9.11. The Morgan fingerprint density at radius 2 is 1.77 bits per heavy atom. The van der Waals surface area contributed by atoms with E-state index < -0.39 is 58.2 Å². The van der Waals surface area contributed by atoms with E-state index in [0.29, 0.717) is 3.79 Å². The monoisotopic (exact) mass is 642 g/mol. The van der Waals surface area contributed by atoms with Crippen LogP contribution in [0.2, 0.25) is 0 Å². The lowest BCUT2D eigenvalue weighted by Crippen LogP contribution is -2.55. The molecule has 2 heterocycles. The smallest absolute Gasteiger partial charge is 0.323 e. The van der Waals surface area contributed by atoms with Gasteiger partial charge in [0.2, 0.25) is 0 Å². The molecule has 0 saturated carbocycles. The number of carbonyl (C=O) groups excluding carboxylic acids is 2. The molecule has 1 saturated heterocycles. The van der Waals surface area contributed by atoms with Crippen molar-refractivity contribution in [2.24, 2.45) is 0 Å². The number of carboxylic acid groups (broad SMARTS) is 1. The fraction of sp³-hybridized carbons (Fsp3) is 0.208. The Morgan fingerprint density at radius 3 is 2.38 bits per heavy atom. The molecule has 1 aliphatic heterocycles. The number of halogens is 3. The third kappa shape index (κ3) is 6.61. The summed E-state index contributed by atoms with van der Waals surface area (Å²) in [4.78, 5) is 39.3. The molecular weight excluding hydrogens is 622 g/mol. The van der Waals surface area contributed by atoms with Crippen LogP contribution in [0.15, 0.2) is 68.7 Å². The van der Waals surface area contributed by atoms with Gasteiger partial charge in [0, 0.05) is 18.8 Å². The van der Waals surface area contributed by atoms with Crippen LogP contribution in [0, 0.1) is 11.6 Å². The van der Waals surface area contributed by atoms with Gasteiger partial charge in [-0.15, -0.1) is 11.3 Å². The summed E-state index contributed by atoms with van der Waals surface area (Å²) in [6.07, 6.45) is -2.30. The molecule has 0 bridgehead atoms. The molecule has 0 aliphatic carbocycles. The van der Waals surface area contributed by atoms with E-state index in [1.54, 1.807) is 0 Å². The molecule has 2 aromatic carbocycles. The molecule has 2 atom stereocenters. The first kappa shape index (κ1) is 28.6. The topological polar surface area (TPSA) is 136 Å². The number of aliphatic carboxylic acids is 1. The minimum Gasteiger partial charge on any atom is -0.481 e. The van der Waals surface area contributed by atoms with Gasteiger partial charge in [-0.05, 0) is 64.0 Å². The van der Waals surface area contributed by atoms with E-state index in [4.69, 9.17) is 0 Å². The number of benzene rings is 2. The van der Waals surface area contributed by atoms with Crippen molar-refractivity contribution < 1.29 is 36.7 Å². The zero-order chi connectivity index (χ0) is 28.3. The van der Waals surface area contributed by atoms with Crippen molar-refractivity contribution >= 4 is 60.9 Å². The van der Waals surface area contributed by atoms with Gasteiger partial charge < -0.3 is 15.7 Å². The summed E-state index contributed by atoms with van der Waals surface area (Å²) in [6, 6.07) is 10.6. The van der Waals surface area contributed by atoms with Crippen LogP contribution in [0.1, 0.15) is 18.0 Å². The summed E-state index contributed by atoms with van der Waals surface area (Å²) < 4.78 is 55.4. The quantitative estimate of drug-likeness (QED) is 0.340. The Kier molecular flexibility index (Phi) is 8.64. The van der Waals surface area contributed by atoms with Crippen LogP contribution >= 0.6 is 27.3 Å². The summed E-state index contributed by atoms with van der Waals surface area (Å²) in [6.45, 7) is -0.433. The van der Waals surface area contributed by atoms with E-state index in [0.717, 1.165) is 38.7 Å². The van der Waals surface area contributed by atoms with Gasteiger partial charge in [0.15, 0.2) is 6.17 Å². The molecule has 3 N–H and O–H groups in total. The number of carboxylic acids is 1. The molecule has 0 radical (unpaired) electrons. The van der Waals surface area contributed by atoms with Gasteiger partial charge in [0.05, 0.1) is 16.2 Å². The molecule has 1 aromatic heterocycles. The van der Waals surface area contributed by atoms with Gasteiger partial charge >= 0.3 is 12.0 Å². The zero-order valence-electron chi connectivity index (χ0n) is 19.9. The predicted octanol–water partition coefficient (Wildman–Crippen LogP) is 3.99. The number of hydrogen-bond acceptors (Lipinski definition) is 6. The number of sulfonamides is 1. The number of urea groups is 1. The molecular formula is C24H21BrF2N4O6S2. The number of thiophene rings is 1. The summed E-state index contributed by atoms with van der Waals surface area (Å²) in [5.74, 6) is -3.44. The van der Waals surface area contributed by atoms with Crippen molar-refractivity contribution in [1.82, 2.24) is 14.5 Å². The molecule has 3 amide bonds. The van der Waals surface area contributed by atoms with E-state index in [1.807, 2.05) is 0 Å². The first-order valence-electron chi connectivity index (χ1n) is 11.3. The second-order valence-corrected chi connectivity index (χ2v) is 13.0. The highest BCUT2D eigenvalue weighted by Crippen LogP contribution is 2.32. The third-order valence-electron chi connectivity index (χ3n) is 5.78. The van der Waals surface area contributed by atoms with Crippen molar-refractivity contribution in [3.63, 3.8) is 0 Å². The van der Waals surface area contributed by atoms with Gasteiger partial charge in [-0.2, -0.15) is 4.31 Å². The highest BCUT2D eigenvalue weighted by Gasteiger charge is 2.47. The number of nitrogens with zero attached hydrogens (tertiary/aromatic N) is 2. The van der Waals surface area contributed by atoms with E-state index in [-0.39, 0.29) is 28.5 Å². The van der Waals surface area contributed by atoms with Crippen molar-refractivity contribution in [2.75, 3.05) is 18.4 Å². The highest BCUT2D eigenvalue weighted by atomic mass is 79.9. The fourth-order valence-electron chi connectivity index (χ4n) is 4.02. The molecule has 1 fully saturated rings. The first-order valence-corrected chi connectivity index (χ1v) is 14.4. The van der Waals surface area contributed by atoms with Crippen LogP contribution in [-0.4, -0.2) is 59.9 Å². The largest absolute Gasteiger partial charge is 0.481 e. The molecule has 3 aromatic rings. The summed E-state index contributed by atoms with van der Waals surface area (Å²) >= 11 is 4.12. The minimum atomic E-state index is -4.27. The maximum atomic E-state index is 13.7. The lowest BCUT2D eigenvalue weighted by Gasteiger charge is -2.30. The summed E-state index contributed by atoms with van der Waals surface area (Å²) in [5.41, 5.74) is 0.343. The first-order chi connectivity index (χ1) is 18.5. The molecule has 1 aliphatic rings. The maximum absolute atomic E-state index is 13.7. The molecule has 10 nitrogen and oxygen atoms in total. The predicted molar refractivity (Wildman–Crippen MR) is 141 cm³/mol. The van der Waals surface area contributed by atoms with E-state index in [2.05, 4.69) is 26.6 Å². The average molecular weight is 643 g/mol. The number of amides is 3. The normalized spacial score (nSPS) is 16.6. The molecule has 15 heteroatoms. The standard InChI is InChI=1S/C24H21BrF2N4O6S2/c25-19-8-9-21(38-19)39(36,37)31-11-10-30(24(35)28-17-3-1-2-16(27)12-17)23(31)22(34)29-18(13-20(32)33)14-4-6-15(26)7-5-14/h1-9,12,18,23H,10-11,13H2,(H,28,35)(H,29,34)(H,32,33). The Balaban J connectivity index is 1.68. The third-order valence-corrected chi connectivity index (χ3v) is 9.72. The lowest BCUT2D eigenvalue weighted by atomic mass is 10.0. The SMILES string of the molecule is O=C(O)CC(NC(=O)C1N(C(=O)Nc2cccc(F)c2)CCN1S(=O)(=O)c1ccc(Br)s1)c1ccc(F)cc1. The Bertz CT molecular complexity index is 1500. The van der Waals surface area contributed by atoms with Gasteiger partial charge in [-0.1, -0.05) is 18.2 Å². The van der Waals surface area contributed by atoms with E-state index >= 15 is 0 Å². The van der Waals surface area contributed by atoms with Crippen LogP contribution in [0.5, 0.6) is 0 Å². The van der Waals surface area contributed by atoms with Crippen LogP contribution in [0.25, 0.3) is 0 Å². The molecule has 4 rings (SSSR count). The number of hydrogen-bond donors (Lipinski definition) is 3. The fourth-order valence-corrected chi connectivity index (χ4v) is 7.71. The minimum absolute atomic E-state index is 0.0812. The molecule has 0 spiro atoms. The van der Waals surface area contributed by atoms with Gasteiger partial charge in [-0.25, -0.2) is 22.0 Å². The number of carbonyl (C=O) groups is 3. The summed E-state index contributed by atoms with van der Waals surface area (Å²) in [7, 11) is -4.27. The number of anilines is 1. The van der Waals surface area contributed by atoms with Crippen molar-refractivity contribution in [3.8, 4) is 0 Å². The van der Waals surface area contributed by atoms with Crippen molar-refractivity contribution in [1.29, 1.82) is 0 Å². The Hall–Kier alpha value is -3.40. The second kappa shape index (κ2) is 11.8. The Labute approximate surface area is 234 Å². The van der Waals surface area contributed by atoms with Crippen molar-refractivity contribution in [2.45, 2.75) is 22.8 Å². The number of rotatable bonds is 8. The van der Waals surface area contributed by atoms with E-state index in [9.17, 15) is 36.7 Å². The summed E-state index contributed by atoms with van der Waals surface area (Å²) in [5, 5.41) is 14.4. The average Bonchev–Trinajstić information content (AvgIpc) is 3.51. The Morgan fingerprint density at radius 1 is 1.05 bits per heavy atom. The molecule has 206 valence electrons. The van der Waals surface area contributed by atoms with Gasteiger partial charge in [0.1, 0.15) is 15.8 Å². The van der Waals surface area contributed by atoms with Gasteiger partial charge in [-0.3, -0.25) is 14.5 Å².